The lowest BCUT2D eigenvalue weighted by atomic mass is 9.98. The van der Waals surface area contributed by atoms with E-state index >= 15 is 0 Å². The average molecular weight is 264 g/mol. The molecule has 3 N–H and O–H groups in total. The number of nitrogen functional groups attached to an aromatic ring is 1. The monoisotopic (exact) mass is 264 g/mol. The van der Waals surface area contributed by atoms with E-state index in [2.05, 4.69) is 33.5 Å². The first kappa shape index (κ1) is 12.4. The Morgan fingerprint density at radius 3 is 2.80 bits per heavy atom. The van der Waals surface area contributed by atoms with Crippen molar-refractivity contribution in [3.63, 3.8) is 0 Å². The summed E-state index contributed by atoms with van der Waals surface area (Å²) in [6, 6.07) is 12.1. The van der Waals surface area contributed by atoms with Gasteiger partial charge in [-0.25, -0.2) is 9.97 Å². The molecule has 20 heavy (non-hydrogen) atoms. The number of rotatable bonds is 2. The number of nitrogens with zero attached hydrogens (tertiary/aromatic N) is 2. The van der Waals surface area contributed by atoms with Gasteiger partial charge in [-0.05, 0) is 41.8 Å². The van der Waals surface area contributed by atoms with Crippen LogP contribution in [0, 0.1) is 6.92 Å². The first-order chi connectivity index (χ1) is 9.69. The van der Waals surface area contributed by atoms with Crippen LogP contribution in [0.1, 0.15) is 5.56 Å². The molecular formula is C16H16N4. The second-order valence-electron chi connectivity index (χ2n) is 4.74. The number of aromatic nitrogens is 2. The standard InChI is InChI=1S/C16H16N4/c1-10-13(4-3-5-14(10)17)11-6-7-15-12(8-11)9-19-16(18-2)20-15/h3-9H,17H2,1-2H3,(H,18,19,20). The van der Waals surface area contributed by atoms with Gasteiger partial charge in [-0.1, -0.05) is 18.2 Å². The summed E-state index contributed by atoms with van der Waals surface area (Å²) in [6.45, 7) is 2.04. The third-order valence-corrected chi connectivity index (χ3v) is 3.49. The Labute approximate surface area is 117 Å². The van der Waals surface area contributed by atoms with Crippen molar-refractivity contribution in [2.45, 2.75) is 6.92 Å². The van der Waals surface area contributed by atoms with Crippen molar-refractivity contribution in [3.05, 3.63) is 48.2 Å². The molecule has 0 atom stereocenters. The fourth-order valence-corrected chi connectivity index (χ4v) is 2.29. The molecule has 1 heterocycles. The molecule has 0 fully saturated rings. The number of benzene rings is 2. The van der Waals surface area contributed by atoms with Gasteiger partial charge in [0.05, 0.1) is 5.52 Å². The molecular weight excluding hydrogens is 248 g/mol. The molecule has 0 amide bonds. The fraction of sp³-hybridized carbons (Fsp3) is 0.125. The Balaban J connectivity index is 2.16. The van der Waals surface area contributed by atoms with Gasteiger partial charge < -0.3 is 11.1 Å². The second-order valence-corrected chi connectivity index (χ2v) is 4.74. The van der Waals surface area contributed by atoms with E-state index < -0.39 is 0 Å². The van der Waals surface area contributed by atoms with Crippen LogP contribution in [0.4, 0.5) is 11.6 Å². The van der Waals surface area contributed by atoms with Crippen LogP contribution in [0.2, 0.25) is 0 Å². The normalized spacial score (nSPS) is 10.7. The number of nitrogens with two attached hydrogens (primary N) is 1. The predicted octanol–water partition coefficient (Wildman–Crippen LogP) is 3.23. The molecule has 0 bridgehead atoms. The Morgan fingerprint density at radius 1 is 1.15 bits per heavy atom. The largest absolute Gasteiger partial charge is 0.398 e. The quantitative estimate of drug-likeness (QED) is 0.697. The Bertz CT molecular complexity index is 781. The summed E-state index contributed by atoms with van der Waals surface area (Å²) in [7, 11) is 1.81. The van der Waals surface area contributed by atoms with Crippen LogP contribution in [0.5, 0.6) is 0 Å². The van der Waals surface area contributed by atoms with E-state index in [1.54, 1.807) is 0 Å². The summed E-state index contributed by atoms with van der Waals surface area (Å²) < 4.78 is 0. The molecule has 2 aromatic carbocycles. The van der Waals surface area contributed by atoms with Crippen molar-refractivity contribution in [3.8, 4) is 11.1 Å². The van der Waals surface area contributed by atoms with Gasteiger partial charge in [-0.3, -0.25) is 0 Å². The zero-order valence-electron chi connectivity index (χ0n) is 11.5. The van der Waals surface area contributed by atoms with Gasteiger partial charge in [0, 0.05) is 24.3 Å². The highest BCUT2D eigenvalue weighted by atomic mass is 15.1. The van der Waals surface area contributed by atoms with Crippen molar-refractivity contribution in [1.82, 2.24) is 9.97 Å². The summed E-state index contributed by atoms with van der Waals surface area (Å²) in [5, 5.41) is 3.96. The molecule has 0 aliphatic carbocycles. The Hall–Kier alpha value is -2.62. The van der Waals surface area contributed by atoms with Gasteiger partial charge >= 0.3 is 0 Å². The van der Waals surface area contributed by atoms with E-state index in [-0.39, 0.29) is 0 Å². The van der Waals surface area contributed by atoms with Crippen LogP contribution in [0.15, 0.2) is 42.6 Å². The van der Waals surface area contributed by atoms with Crippen LogP contribution >= 0.6 is 0 Å². The van der Waals surface area contributed by atoms with E-state index in [0.717, 1.165) is 33.3 Å². The Morgan fingerprint density at radius 2 is 2.00 bits per heavy atom. The SMILES string of the molecule is CNc1ncc2cc(-c3cccc(N)c3C)ccc2n1. The minimum Gasteiger partial charge on any atom is -0.398 e. The summed E-state index contributed by atoms with van der Waals surface area (Å²) in [5.41, 5.74) is 11.1. The molecule has 3 rings (SSSR count). The number of hydrogen-bond donors (Lipinski definition) is 2. The summed E-state index contributed by atoms with van der Waals surface area (Å²) in [6.07, 6.45) is 1.83. The van der Waals surface area contributed by atoms with Gasteiger partial charge in [-0.15, -0.1) is 0 Å². The molecule has 0 unspecified atom stereocenters. The lowest BCUT2D eigenvalue weighted by molar-refractivity contribution is 1.19. The van der Waals surface area contributed by atoms with Crippen LogP contribution in [0.25, 0.3) is 22.0 Å². The summed E-state index contributed by atoms with van der Waals surface area (Å²) in [4.78, 5) is 8.67. The van der Waals surface area contributed by atoms with Crippen molar-refractivity contribution >= 4 is 22.5 Å². The average Bonchev–Trinajstić information content (AvgIpc) is 2.49. The lowest BCUT2D eigenvalue weighted by Gasteiger charge is -2.09. The third kappa shape index (κ3) is 2.05. The third-order valence-electron chi connectivity index (χ3n) is 3.49. The van der Waals surface area contributed by atoms with Crippen molar-refractivity contribution in [2.75, 3.05) is 18.1 Å². The highest BCUT2D eigenvalue weighted by Gasteiger charge is 2.06. The zero-order chi connectivity index (χ0) is 14.1. The molecule has 0 spiro atoms. The molecule has 4 nitrogen and oxygen atoms in total. The smallest absolute Gasteiger partial charge is 0.222 e. The maximum atomic E-state index is 5.98. The van der Waals surface area contributed by atoms with Crippen LogP contribution in [-0.4, -0.2) is 17.0 Å². The summed E-state index contributed by atoms with van der Waals surface area (Å²) >= 11 is 0. The zero-order valence-corrected chi connectivity index (χ0v) is 11.5. The minimum atomic E-state index is 0.630. The number of anilines is 2. The molecule has 0 aliphatic heterocycles. The van der Waals surface area contributed by atoms with Gasteiger partial charge in [-0.2, -0.15) is 0 Å². The molecule has 0 aliphatic rings. The molecule has 0 saturated carbocycles. The van der Waals surface area contributed by atoms with Crippen molar-refractivity contribution in [2.24, 2.45) is 0 Å². The van der Waals surface area contributed by atoms with Gasteiger partial charge in [0.1, 0.15) is 0 Å². The van der Waals surface area contributed by atoms with Gasteiger partial charge in [0.2, 0.25) is 5.95 Å². The second kappa shape index (κ2) is 4.81. The highest BCUT2D eigenvalue weighted by molar-refractivity contribution is 5.86. The summed E-state index contributed by atoms with van der Waals surface area (Å²) in [5.74, 6) is 0.630. The minimum absolute atomic E-state index is 0.630. The van der Waals surface area contributed by atoms with E-state index in [9.17, 15) is 0 Å². The first-order valence-electron chi connectivity index (χ1n) is 6.49. The number of nitrogens with one attached hydrogen (secondary N) is 1. The Kier molecular flexibility index (Phi) is 2.99. The van der Waals surface area contributed by atoms with E-state index in [0.29, 0.717) is 5.95 Å². The molecule has 0 saturated heterocycles. The van der Waals surface area contributed by atoms with Crippen LogP contribution in [0.3, 0.4) is 0 Å². The molecule has 3 aromatic rings. The lowest BCUT2D eigenvalue weighted by Crippen LogP contribution is -1.96. The fourth-order valence-electron chi connectivity index (χ4n) is 2.29. The van der Waals surface area contributed by atoms with Gasteiger partial charge in [0.15, 0.2) is 0 Å². The highest BCUT2D eigenvalue weighted by Crippen LogP contribution is 2.29. The van der Waals surface area contributed by atoms with Gasteiger partial charge in [0.25, 0.3) is 0 Å². The number of fused-ring (bicyclic) bond motifs is 1. The van der Waals surface area contributed by atoms with Crippen molar-refractivity contribution < 1.29 is 0 Å². The predicted molar refractivity (Wildman–Crippen MR) is 83.7 cm³/mol. The van der Waals surface area contributed by atoms with E-state index in [1.165, 1.54) is 0 Å². The topological polar surface area (TPSA) is 63.8 Å². The number of hydrogen-bond acceptors (Lipinski definition) is 4. The van der Waals surface area contributed by atoms with E-state index in [4.69, 9.17) is 5.73 Å². The van der Waals surface area contributed by atoms with Crippen LogP contribution < -0.4 is 11.1 Å². The molecule has 100 valence electrons. The molecule has 4 heteroatoms. The molecule has 0 radical (unpaired) electrons. The van der Waals surface area contributed by atoms with E-state index in [1.807, 2.05) is 38.4 Å². The molecule has 1 aromatic heterocycles. The maximum absolute atomic E-state index is 5.98. The van der Waals surface area contributed by atoms with Crippen molar-refractivity contribution in [1.29, 1.82) is 0 Å². The maximum Gasteiger partial charge on any atom is 0.222 e. The first-order valence-corrected chi connectivity index (χ1v) is 6.49. The van der Waals surface area contributed by atoms with Crippen LogP contribution in [-0.2, 0) is 0 Å².